The summed E-state index contributed by atoms with van der Waals surface area (Å²) in [5.74, 6) is 0.655. The molecule has 0 N–H and O–H groups in total. The highest BCUT2D eigenvalue weighted by molar-refractivity contribution is 6.30. The summed E-state index contributed by atoms with van der Waals surface area (Å²) in [5, 5.41) is 1.23. The molecule has 6 nitrogen and oxygen atoms in total. The minimum atomic E-state index is -0.427. The van der Waals surface area contributed by atoms with Crippen molar-refractivity contribution >= 4 is 33.5 Å². The molecule has 0 saturated carbocycles. The van der Waals surface area contributed by atoms with Crippen molar-refractivity contribution in [3.05, 3.63) is 104 Å². The first kappa shape index (κ1) is 20.2. The number of ether oxygens (including phenoxy) is 1. The zero-order valence-electron chi connectivity index (χ0n) is 17.6. The van der Waals surface area contributed by atoms with Crippen LogP contribution in [-0.4, -0.2) is 20.8 Å². The summed E-state index contributed by atoms with van der Waals surface area (Å²) in [6.45, 7) is 0.313. The lowest BCUT2D eigenvalue weighted by Gasteiger charge is -2.13. The summed E-state index contributed by atoms with van der Waals surface area (Å²) in [5.41, 5.74) is 2.41. The Hall–Kier alpha value is -3.77. The predicted molar refractivity (Wildman–Crippen MR) is 127 cm³/mol. The van der Waals surface area contributed by atoms with Crippen LogP contribution in [-0.2, 0) is 13.6 Å². The number of benzene rings is 3. The lowest BCUT2D eigenvalue weighted by molar-refractivity contribution is 0.415. The van der Waals surface area contributed by atoms with Gasteiger partial charge in [0.15, 0.2) is 0 Å². The van der Waals surface area contributed by atoms with Crippen LogP contribution in [0.25, 0.3) is 27.6 Å². The highest BCUT2D eigenvalue weighted by Crippen LogP contribution is 2.29. The Balaban J connectivity index is 1.96. The molecule has 7 heteroatoms. The minimum Gasteiger partial charge on any atom is -0.497 e. The molecule has 160 valence electrons. The summed E-state index contributed by atoms with van der Waals surface area (Å²) >= 11 is 6.17. The van der Waals surface area contributed by atoms with Crippen molar-refractivity contribution in [2.75, 3.05) is 7.11 Å². The van der Waals surface area contributed by atoms with Gasteiger partial charge in [-0.25, -0.2) is 9.36 Å². The third-order valence-electron chi connectivity index (χ3n) is 5.73. The van der Waals surface area contributed by atoms with Crippen LogP contribution in [0.15, 0.2) is 82.4 Å². The van der Waals surface area contributed by atoms with E-state index in [9.17, 15) is 9.59 Å². The molecule has 5 rings (SSSR count). The number of aryl methyl sites for hydroxylation is 1. The molecule has 0 unspecified atom stereocenters. The lowest BCUT2D eigenvalue weighted by Crippen LogP contribution is -2.39. The maximum Gasteiger partial charge on any atom is 0.336 e. The monoisotopic (exact) mass is 445 g/mol. The van der Waals surface area contributed by atoms with Gasteiger partial charge in [0.25, 0.3) is 5.56 Å². The summed E-state index contributed by atoms with van der Waals surface area (Å²) in [4.78, 5) is 27.4. The molecule has 0 amide bonds. The minimum absolute atomic E-state index is 0.313. The van der Waals surface area contributed by atoms with Crippen molar-refractivity contribution < 1.29 is 4.74 Å². The number of methoxy groups -OCH3 is 1. The molecular weight excluding hydrogens is 426 g/mol. The summed E-state index contributed by atoms with van der Waals surface area (Å²) < 4.78 is 10.1. The number of nitrogens with zero attached hydrogens (tertiary/aromatic N) is 3. The van der Waals surface area contributed by atoms with Gasteiger partial charge in [-0.05, 0) is 42.0 Å². The van der Waals surface area contributed by atoms with Crippen LogP contribution in [0.1, 0.15) is 5.56 Å². The molecule has 0 bridgehead atoms. The van der Waals surface area contributed by atoms with Crippen molar-refractivity contribution in [3.8, 4) is 11.4 Å². The fourth-order valence-electron chi connectivity index (χ4n) is 4.21. The summed E-state index contributed by atoms with van der Waals surface area (Å²) in [6.07, 6.45) is 0. The Morgan fingerprint density at radius 3 is 2.41 bits per heavy atom. The van der Waals surface area contributed by atoms with Gasteiger partial charge in [0.1, 0.15) is 11.3 Å². The van der Waals surface area contributed by atoms with Crippen LogP contribution < -0.4 is 16.0 Å². The van der Waals surface area contributed by atoms with E-state index in [1.54, 1.807) is 35.9 Å². The number of hydrogen-bond donors (Lipinski definition) is 0. The molecule has 2 heterocycles. The largest absolute Gasteiger partial charge is 0.497 e. The molecule has 0 spiro atoms. The van der Waals surface area contributed by atoms with E-state index < -0.39 is 11.2 Å². The summed E-state index contributed by atoms with van der Waals surface area (Å²) in [6, 6.07) is 22.1. The number of hydrogen-bond acceptors (Lipinski definition) is 3. The fraction of sp³-hybridized carbons (Fsp3) is 0.120. The Labute approximate surface area is 188 Å². The van der Waals surface area contributed by atoms with Crippen LogP contribution in [0.2, 0.25) is 5.02 Å². The fourth-order valence-corrected chi connectivity index (χ4v) is 4.40. The Morgan fingerprint density at radius 1 is 0.906 bits per heavy atom. The zero-order valence-corrected chi connectivity index (χ0v) is 18.3. The quantitative estimate of drug-likeness (QED) is 0.413. The van der Waals surface area contributed by atoms with Crippen molar-refractivity contribution in [1.82, 2.24) is 13.7 Å². The van der Waals surface area contributed by atoms with Gasteiger partial charge >= 0.3 is 5.69 Å². The first-order chi connectivity index (χ1) is 15.5. The molecule has 0 fully saturated rings. The van der Waals surface area contributed by atoms with Crippen LogP contribution in [0.4, 0.5) is 0 Å². The maximum absolute atomic E-state index is 13.8. The van der Waals surface area contributed by atoms with Crippen LogP contribution in [0.5, 0.6) is 5.75 Å². The highest BCUT2D eigenvalue weighted by atomic mass is 35.5. The van der Waals surface area contributed by atoms with E-state index in [1.165, 1.54) is 4.57 Å². The number of rotatable bonds is 4. The Kier molecular flexibility index (Phi) is 4.87. The van der Waals surface area contributed by atoms with E-state index in [4.69, 9.17) is 16.3 Å². The SMILES string of the molecule is COc1ccc2c(c1)c1c(c(=O)n(-c3cccc(Cl)c3)c(=O)n1Cc1ccccc1)n2C. The number of fused-ring (bicyclic) bond motifs is 3. The number of halogens is 1. The lowest BCUT2D eigenvalue weighted by atomic mass is 10.2. The van der Waals surface area contributed by atoms with Crippen molar-refractivity contribution in [2.45, 2.75) is 6.54 Å². The van der Waals surface area contributed by atoms with Crippen molar-refractivity contribution in [2.24, 2.45) is 7.05 Å². The van der Waals surface area contributed by atoms with Crippen molar-refractivity contribution in [1.29, 1.82) is 0 Å². The normalized spacial score (nSPS) is 11.3. The predicted octanol–water partition coefficient (Wildman–Crippen LogP) is 4.35. The second kappa shape index (κ2) is 7.73. The second-order valence-corrected chi connectivity index (χ2v) is 8.05. The third-order valence-corrected chi connectivity index (χ3v) is 5.96. The zero-order chi connectivity index (χ0) is 22.4. The standard InChI is InChI=1S/C25H20ClN3O3/c1-27-21-12-11-19(32-2)14-20(21)22-23(27)24(30)29(18-10-6-9-17(26)13-18)25(31)28(22)15-16-7-4-3-5-8-16/h3-14H,15H2,1-2H3. The first-order valence-corrected chi connectivity index (χ1v) is 10.5. The topological polar surface area (TPSA) is 58.2 Å². The van der Waals surface area contributed by atoms with Gasteiger partial charge in [-0.2, -0.15) is 0 Å². The van der Waals surface area contributed by atoms with E-state index in [0.29, 0.717) is 34.0 Å². The molecule has 32 heavy (non-hydrogen) atoms. The number of aromatic nitrogens is 3. The van der Waals surface area contributed by atoms with Crippen LogP contribution >= 0.6 is 11.6 Å². The van der Waals surface area contributed by atoms with Gasteiger partial charge in [-0.1, -0.05) is 48.0 Å². The second-order valence-electron chi connectivity index (χ2n) is 7.61. The van der Waals surface area contributed by atoms with Gasteiger partial charge in [0.2, 0.25) is 0 Å². The molecule has 3 aromatic carbocycles. The van der Waals surface area contributed by atoms with Gasteiger partial charge < -0.3 is 9.30 Å². The molecule has 0 aliphatic rings. The smallest absolute Gasteiger partial charge is 0.336 e. The first-order valence-electron chi connectivity index (χ1n) is 10.1. The molecule has 2 aromatic heterocycles. The summed E-state index contributed by atoms with van der Waals surface area (Å²) in [7, 11) is 3.42. The van der Waals surface area contributed by atoms with E-state index in [0.717, 1.165) is 16.5 Å². The average molecular weight is 446 g/mol. The molecule has 0 radical (unpaired) electrons. The molecular formula is C25H20ClN3O3. The maximum atomic E-state index is 13.8. The molecule has 0 aliphatic heterocycles. The van der Waals surface area contributed by atoms with Gasteiger partial charge in [-0.3, -0.25) is 9.36 Å². The van der Waals surface area contributed by atoms with Gasteiger partial charge in [-0.15, -0.1) is 0 Å². The Morgan fingerprint density at radius 2 is 1.69 bits per heavy atom. The molecule has 0 atom stereocenters. The van der Waals surface area contributed by atoms with E-state index in [2.05, 4.69) is 0 Å². The Bertz CT molecular complexity index is 1600. The van der Waals surface area contributed by atoms with Gasteiger partial charge in [0.05, 0.1) is 30.4 Å². The molecule has 0 aliphatic carbocycles. The van der Waals surface area contributed by atoms with Crippen molar-refractivity contribution in [3.63, 3.8) is 0 Å². The van der Waals surface area contributed by atoms with E-state index in [1.807, 2.05) is 60.1 Å². The van der Waals surface area contributed by atoms with Gasteiger partial charge in [0, 0.05) is 17.5 Å². The molecule has 5 aromatic rings. The highest BCUT2D eigenvalue weighted by Gasteiger charge is 2.21. The van der Waals surface area contributed by atoms with E-state index in [-0.39, 0.29) is 0 Å². The third kappa shape index (κ3) is 3.11. The van der Waals surface area contributed by atoms with E-state index >= 15 is 0 Å². The molecule has 0 saturated heterocycles. The van der Waals surface area contributed by atoms with Crippen LogP contribution in [0.3, 0.4) is 0 Å². The average Bonchev–Trinajstić information content (AvgIpc) is 3.09. The van der Waals surface area contributed by atoms with Crippen LogP contribution in [0, 0.1) is 0 Å².